The number of hydrogen-bond donors (Lipinski definition) is 3. The number of nitrogens with one attached hydrogen (secondary N) is 2. The van der Waals surface area contributed by atoms with Gasteiger partial charge in [-0.15, -0.1) is 0 Å². The number of thiocarbonyl (C=S) groups is 1. The maximum Gasteiger partial charge on any atom is 0.312 e. The van der Waals surface area contributed by atoms with Crippen molar-refractivity contribution in [2.45, 2.75) is 13.3 Å². The summed E-state index contributed by atoms with van der Waals surface area (Å²) < 4.78 is 0. The van der Waals surface area contributed by atoms with Gasteiger partial charge in [0.2, 0.25) is 5.91 Å². The maximum absolute atomic E-state index is 11.7. The molecule has 102 valence electrons. The third-order valence-electron chi connectivity index (χ3n) is 2.01. The largest absolute Gasteiger partial charge is 0.392 e. The molecule has 4 N–H and O–H groups in total. The maximum atomic E-state index is 11.7. The molecule has 0 saturated carbocycles. The lowest BCUT2D eigenvalue weighted by Gasteiger charge is -2.20. The molecule has 0 unspecified atom stereocenters. The van der Waals surface area contributed by atoms with E-state index in [0.29, 0.717) is 13.0 Å². The van der Waals surface area contributed by atoms with Crippen LogP contribution in [0.15, 0.2) is 0 Å². The van der Waals surface area contributed by atoms with Crippen LogP contribution in [-0.4, -0.2) is 54.3 Å². The normalized spacial score (nSPS) is 9.44. The van der Waals surface area contributed by atoms with Crippen LogP contribution in [0.1, 0.15) is 13.3 Å². The van der Waals surface area contributed by atoms with E-state index < -0.39 is 11.8 Å². The molecule has 0 aliphatic carbocycles. The Labute approximate surface area is 111 Å². The molecule has 0 fully saturated rings. The second-order valence-corrected chi connectivity index (χ2v) is 4.07. The molecule has 3 amide bonds. The van der Waals surface area contributed by atoms with E-state index in [9.17, 15) is 14.4 Å². The number of likely N-dealkylation sites (N-methyl/N-ethyl adjacent to an activating group) is 1. The number of rotatable bonds is 6. The van der Waals surface area contributed by atoms with E-state index in [-0.39, 0.29) is 24.0 Å². The molecular formula is C10H18N4O3S. The predicted molar refractivity (Wildman–Crippen MR) is 70.7 cm³/mol. The minimum Gasteiger partial charge on any atom is -0.392 e. The van der Waals surface area contributed by atoms with Crippen molar-refractivity contribution < 1.29 is 14.4 Å². The first-order valence-corrected chi connectivity index (χ1v) is 5.89. The number of hydrogen-bond acceptors (Lipinski definition) is 4. The molecule has 0 aromatic carbocycles. The highest BCUT2D eigenvalue weighted by Crippen LogP contribution is 1.93. The molecule has 0 atom stereocenters. The quantitative estimate of drug-likeness (QED) is 0.398. The molecule has 0 aliphatic heterocycles. The summed E-state index contributed by atoms with van der Waals surface area (Å²) >= 11 is 4.58. The molecule has 8 heteroatoms. The molecule has 0 radical (unpaired) electrons. The van der Waals surface area contributed by atoms with Crippen molar-refractivity contribution in [1.82, 2.24) is 15.5 Å². The second-order valence-electron chi connectivity index (χ2n) is 3.55. The van der Waals surface area contributed by atoms with E-state index in [2.05, 4.69) is 22.9 Å². The highest BCUT2D eigenvalue weighted by Gasteiger charge is 2.22. The van der Waals surface area contributed by atoms with Gasteiger partial charge in [0, 0.05) is 13.6 Å². The Morgan fingerprint density at radius 1 is 1.33 bits per heavy atom. The van der Waals surface area contributed by atoms with Crippen molar-refractivity contribution in [2.24, 2.45) is 5.73 Å². The van der Waals surface area contributed by atoms with Gasteiger partial charge in [0.05, 0.1) is 18.1 Å². The van der Waals surface area contributed by atoms with Gasteiger partial charge in [-0.25, -0.2) is 0 Å². The van der Waals surface area contributed by atoms with Gasteiger partial charge >= 0.3 is 11.8 Å². The van der Waals surface area contributed by atoms with Crippen molar-refractivity contribution in [2.75, 3.05) is 26.7 Å². The third-order valence-corrected chi connectivity index (χ3v) is 2.16. The first-order chi connectivity index (χ1) is 8.42. The fraction of sp³-hybridized carbons (Fsp3) is 0.600. The zero-order chi connectivity index (χ0) is 14.1. The molecule has 7 nitrogen and oxygen atoms in total. The van der Waals surface area contributed by atoms with Crippen LogP contribution in [0.25, 0.3) is 0 Å². The van der Waals surface area contributed by atoms with Crippen LogP contribution in [0.3, 0.4) is 0 Å². The summed E-state index contributed by atoms with van der Waals surface area (Å²) in [6.45, 7) is 1.98. The monoisotopic (exact) mass is 274 g/mol. The Morgan fingerprint density at radius 2 is 1.94 bits per heavy atom. The van der Waals surface area contributed by atoms with E-state index in [4.69, 9.17) is 5.73 Å². The standard InChI is InChI=1S/C10H18N4O3S/c1-3-4-14(6-8(15)12-2)10(17)9(16)13-5-7(11)18/h3-6H2,1-2H3,(H2,11,18)(H,12,15)(H,13,16). The Hall–Kier alpha value is -1.70. The van der Waals surface area contributed by atoms with Gasteiger partial charge in [-0.3, -0.25) is 14.4 Å². The minimum atomic E-state index is -0.819. The summed E-state index contributed by atoms with van der Waals surface area (Å²) in [6, 6.07) is 0. The smallest absolute Gasteiger partial charge is 0.312 e. The Balaban J connectivity index is 4.49. The van der Waals surface area contributed by atoms with Gasteiger partial charge in [-0.1, -0.05) is 19.1 Å². The van der Waals surface area contributed by atoms with Crippen molar-refractivity contribution in [1.29, 1.82) is 0 Å². The molecule has 0 spiro atoms. The molecule has 0 aliphatic rings. The zero-order valence-electron chi connectivity index (χ0n) is 10.5. The lowest BCUT2D eigenvalue weighted by Crippen LogP contribution is -2.48. The fourth-order valence-corrected chi connectivity index (χ4v) is 1.23. The van der Waals surface area contributed by atoms with Crippen LogP contribution in [0.4, 0.5) is 0 Å². The molecule has 0 heterocycles. The van der Waals surface area contributed by atoms with Gasteiger partial charge in [-0.05, 0) is 6.42 Å². The summed E-state index contributed by atoms with van der Waals surface area (Å²) in [4.78, 5) is 35.7. The summed E-state index contributed by atoms with van der Waals surface area (Å²) in [6.07, 6.45) is 0.644. The molecular weight excluding hydrogens is 256 g/mol. The van der Waals surface area contributed by atoms with Crippen LogP contribution in [-0.2, 0) is 14.4 Å². The third kappa shape index (κ3) is 6.14. The number of amides is 3. The van der Waals surface area contributed by atoms with Crippen molar-refractivity contribution in [3.8, 4) is 0 Å². The SMILES string of the molecule is CCCN(CC(=O)NC)C(=O)C(=O)NCC(N)=S. The fourth-order valence-electron chi connectivity index (χ4n) is 1.16. The van der Waals surface area contributed by atoms with Crippen LogP contribution < -0.4 is 16.4 Å². The van der Waals surface area contributed by atoms with Crippen molar-refractivity contribution in [3.05, 3.63) is 0 Å². The Bertz CT molecular complexity index is 346. The van der Waals surface area contributed by atoms with Crippen LogP contribution in [0, 0.1) is 0 Å². The van der Waals surface area contributed by atoms with Gasteiger partial charge in [-0.2, -0.15) is 0 Å². The van der Waals surface area contributed by atoms with E-state index in [0.717, 1.165) is 0 Å². The Morgan fingerprint density at radius 3 is 2.39 bits per heavy atom. The molecule has 0 rings (SSSR count). The predicted octanol–water partition coefficient (Wildman–Crippen LogP) is -1.63. The summed E-state index contributed by atoms with van der Waals surface area (Å²) in [5.74, 6) is -1.92. The van der Waals surface area contributed by atoms with Crippen molar-refractivity contribution >= 4 is 34.9 Å². The summed E-state index contributed by atoms with van der Waals surface area (Å²) in [5, 5.41) is 4.68. The van der Waals surface area contributed by atoms with Gasteiger partial charge in [0.25, 0.3) is 0 Å². The average molecular weight is 274 g/mol. The topological polar surface area (TPSA) is 105 Å². The summed E-state index contributed by atoms with van der Waals surface area (Å²) in [5.41, 5.74) is 5.21. The molecule has 0 aromatic heterocycles. The van der Waals surface area contributed by atoms with E-state index in [1.165, 1.54) is 11.9 Å². The highest BCUT2D eigenvalue weighted by atomic mass is 32.1. The zero-order valence-corrected chi connectivity index (χ0v) is 11.3. The average Bonchev–Trinajstić information content (AvgIpc) is 2.34. The summed E-state index contributed by atoms with van der Waals surface area (Å²) in [7, 11) is 1.46. The lowest BCUT2D eigenvalue weighted by molar-refractivity contribution is -0.147. The van der Waals surface area contributed by atoms with Crippen molar-refractivity contribution in [3.63, 3.8) is 0 Å². The molecule has 0 aromatic rings. The molecule has 0 bridgehead atoms. The molecule has 18 heavy (non-hydrogen) atoms. The van der Waals surface area contributed by atoms with Gasteiger partial charge in [0.15, 0.2) is 0 Å². The number of nitrogens with zero attached hydrogens (tertiary/aromatic N) is 1. The van der Waals surface area contributed by atoms with Crippen LogP contribution >= 0.6 is 12.2 Å². The molecule has 0 saturated heterocycles. The number of carbonyl (C=O) groups excluding carboxylic acids is 3. The van der Waals surface area contributed by atoms with E-state index >= 15 is 0 Å². The first kappa shape index (κ1) is 16.3. The number of carbonyl (C=O) groups is 3. The Kier molecular flexibility index (Phi) is 7.61. The number of nitrogens with two attached hydrogens (primary N) is 1. The van der Waals surface area contributed by atoms with Crippen LogP contribution in [0.5, 0.6) is 0 Å². The van der Waals surface area contributed by atoms with E-state index in [1.807, 2.05) is 6.92 Å². The lowest BCUT2D eigenvalue weighted by atomic mass is 10.3. The van der Waals surface area contributed by atoms with Crippen LogP contribution in [0.2, 0.25) is 0 Å². The van der Waals surface area contributed by atoms with E-state index in [1.54, 1.807) is 0 Å². The second kappa shape index (κ2) is 8.40. The highest BCUT2D eigenvalue weighted by molar-refractivity contribution is 7.80. The van der Waals surface area contributed by atoms with Gasteiger partial charge in [0.1, 0.15) is 0 Å². The first-order valence-electron chi connectivity index (χ1n) is 5.48. The van der Waals surface area contributed by atoms with Gasteiger partial charge < -0.3 is 21.3 Å². The minimum absolute atomic E-state index is 0.0418.